The van der Waals surface area contributed by atoms with Gasteiger partial charge in [0.2, 0.25) is 0 Å². The number of rotatable bonds is 55. The summed E-state index contributed by atoms with van der Waals surface area (Å²) in [6.45, 7) is 28.1. The third kappa shape index (κ3) is 55.9. The molecule has 87 heavy (non-hydrogen) atoms. The number of hydrogen-bond donors (Lipinski definition) is 2. The number of esters is 6. The van der Waals surface area contributed by atoms with Gasteiger partial charge < -0.3 is 86.4 Å². The number of nitrogens with one attached hydrogen (secondary N) is 2. The van der Waals surface area contributed by atoms with Crippen LogP contribution in [0.15, 0.2) is 101 Å². The van der Waals surface area contributed by atoms with Crippen molar-refractivity contribution in [3.8, 4) is 0 Å². The quantitative estimate of drug-likeness (QED) is 0.0289. The van der Waals surface area contributed by atoms with Crippen LogP contribution in [-0.2, 0) is 114 Å². The van der Waals surface area contributed by atoms with Crippen molar-refractivity contribution < 1.29 is 124 Å². The van der Waals surface area contributed by atoms with Gasteiger partial charge in [-0.3, -0.25) is 9.59 Å². The Labute approximate surface area is 509 Å². The molecule has 0 aliphatic heterocycles. The molecule has 0 aromatic carbocycles. The molecule has 2 amide bonds. The molecule has 0 aromatic heterocycles. The molecule has 0 aliphatic carbocycles. The van der Waals surface area contributed by atoms with E-state index in [9.17, 15) is 43.2 Å². The van der Waals surface area contributed by atoms with Gasteiger partial charge in [-0.25, -0.2) is 38.4 Å². The molecule has 0 spiro atoms. The second-order valence-corrected chi connectivity index (χ2v) is 17.4. The predicted molar refractivity (Wildman–Crippen MR) is 313 cm³/mol. The molecular formula is C59H90N2O26. The maximum Gasteiger partial charge on any atom is 0.407 e. The number of unbranched alkanes of at least 4 members (excludes halogenated alkanes) is 3. The monoisotopic (exact) mass is 1240 g/mol. The summed E-state index contributed by atoms with van der Waals surface area (Å²) in [5.74, 6) is -3.69. The first-order valence-electron chi connectivity index (χ1n) is 27.3. The average Bonchev–Trinajstić information content (AvgIpc) is 3.64. The van der Waals surface area contributed by atoms with Crippen LogP contribution in [0.4, 0.5) is 9.59 Å². The number of allylic oxidation sites excluding steroid dienone is 2. The summed E-state index contributed by atoms with van der Waals surface area (Å²) in [6.07, 6.45) is 10.7. The van der Waals surface area contributed by atoms with E-state index in [4.69, 9.17) is 80.6 Å². The van der Waals surface area contributed by atoms with Crippen molar-refractivity contribution in [1.82, 2.24) is 10.6 Å². The summed E-state index contributed by atoms with van der Waals surface area (Å²) in [6, 6.07) is 0. The van der Waals surface area contributed by atoms with Gasteiger partial charge in [-0.2, -0.15) is 0 Å². The molecule has 0 unspecified atom stereocenters. The van der Waals surface area contributed by atoms with Gasteiger partial charge in [0.25, 0.3) is 0 Å². The van der Waals surface area contributed by atoms with Crippen molar-refractivity contribution in [2.75, 3.05) is 172 Å². The van der Waals surface area contributed by atoms with Crippen LogP contribution in [0.1, 0.15) is 32.6 Å². The molecule has 28 nitrogen and oxygen atoms in total. The van der Waals surface area contributed by atoms with Crippen LogP contribution in [0.3, 0.4) is 0 Å². The lowest BCUT2D eigenvalue weighted by atomic mass is 9.92. The van der Waals surface area contributed by atoms with Crippen molar-refractivity contribution in [3.63, 3.8) is 0 Å². The Balaban J connectivity index is -0.00000726. The Morgan fingerprint density at radius 3 is 0.655 bits per heavy atom. The summed E-state index contributed by atoms with van der Waals surface area (Å²) in [5.41, 5.74) is -1.95. The van der Waals surface area contributed by atoms with Crippen molar-refractivity contribution in [1.29, 1.82) is 0 Å². The second kappa shape index (κ2) is 60.0. The number of carbonyl (C=O) groups excluding carboxylic acids is 10. The number of aldehydes is 1. The number of hydrogen-bond acceptors (Lipinski definition) is 26. The topological polar surface area (TPSA) is 342 Å². The Bertz CT molecular complexity index is 1760. The number of amides is 2. The van der Waals surface area contributed by atoms with Crippen LogP contribution >= 0.6 is 0 Å². The number of ketones is 1. The largest absolute Gasteiger partial charge is 0.460 e. The first-order valence-corrected chi connectivity index (χ1v) is 27.3. The molecule has 0 fully saturated rings. The summed E-state index contributed by atoms with van der Waals surface area (Å²) in [5, 5.41) is 5.35. The molecule has 0 aromatic rings. The van der Waals surface area contributed by atoms with E-state index in [1.807, 2.05) is 0 Å². The standard InChI is InChI=1S/C52H80N2O24.C4H6O.C3H4O/c1-7-43(55)71-27-19-63-35-51(36-64-20-28-72-44(56)8-2,37-65-21-29-73-45(57)9-3)41-69-25-33-77-49(61)53-17-15-13-14-16-18-54-50(62)78-34-26-70-42-52(38-66-22-30-74-46(58)10-4,39-67-23-31-75-47(59)11-5)40-68-24-32-76-48(60)12-6;1-3-4(2)5;1-2-3-4/h7-12H,1-6,13-42H2,(H,53,61)(H,54,62);3H,1H2,2H3;2-3H,1H2. The minimum Gasteiger partial charge on any atom is -0.460 e. The molecule has 492 valence electrons. The highest BCUT2D eigenvalue weighted by Crippen LogP contribution is 2.22. The van der Waals surface area contributed by atoms with E-state index in [2.05, 4.69) is 63.3 Å². The van der Waals surface area contributed by atoms with Gasteiger partial charge in [0.05, 0.1) is 117 Å². The van der Waals surface area contributed by atoms with Gasteiger partial charge in [0.15, 0.2) is 5.78 Å². The Morgan fingerprint density at radius 1 is 0.310 bits per heavy atom. The van der Waals surface area contributed by atoms with E-state index in [0.717, 1.165) is 49.3 Å². The van der Waals surface area contributed by atoms with E-state index in [-0.39, 0.29) is 164 Å². The van der Waals surface area contributed by atoms with Gasteiger partial charge in [-0.1, -0.05) is 65.5 Å². The maximum atomic E-state index is 12.4. The van der Waals surface area contributed by atoms with Gasteiger partial charge in [-0.05, 0) is 31.9 Å². The minimum atomic E-state index is -0.975. The molecule has 2 N–H and O–H groups in total. The first kappa shape index (κ1) is 83.5. The molecular weight excluding hydrogens is 1150 g/mol. The molecule has 0 radical (unpaired) electrons. The zero-order valence-corrected chi connectivity index (χ0v) is 50.2. The third-order valence-corrected chi connectivity index (χ3v) is 10.0. The Kier molecular flexibility index (Phi) is 57.6. The van der Waals surface area contributed by atoms with Crippen molar-refractivity contribution in [2.24, 2.45) is 10.8 Å². The highest BCUT2D eigenvalue weighted by Gasteiger charge is 2.34. The smallest absolute Gasteiger partial charge is 0.407 e. The highest BCUT2D eigenvalue weighted by molar-refractivity contribution is 5.86. The lowest BCUT2D eigenvalue weighted by Gasteiger charge is -2.33. The van der Waals surface area contributed by atoms with Crippen LogP contribution in [0, 0.1) is 10.8 Å². The summed E-state index contributed by atoms with van der Waals surface area (Å²) in [7, 11) is 0. The molecule has 0 saturated heterocycles. The fourth-order valence-electron chi connectivity index (χ4n) is 5.84. The highest BCUT2D eigenvalue weighted by atomic mass is 16.6. The van der Waals surface area contributed by atoms with E-state index >= 15 is 0 Å². The van der Waals surface area contributed by atoms with Gasteiger partial charge in [-0.15, -0.1) is 0 Å². The van der Waals surface area contributed by atoms with Crippen LogP contribution in [0.5, 0.6) is 0 Å². The Morgan fingerprint density at radius 2 is 0.494 bits per heavy atom. The zero-order valence-electron chi connectivity index (χ0n) is 50.2. The van der Waals surface area contributed by atoms with Crippen molar-refractivity contribution in [2.45, 2.75) is 32.6 Å². The van der Waals surface area contributed by atoms with Gasteiger partial charge in [0, 0.05) is 49.5 Å². The van der Waals surface area contributed by atoms with Crippen molar-refractivity contribution in [3.05, 3.63) is 101 Å². The predicted octanol–water partition coefficient (Wildman–Crippen LogP) is 3.61. The van der Waals surface area contributed by atoms with E-state index in [0.29, 0.717) is 32.2 Å². The van der Waals surface area contributed by atoms with E-state index in [1.54, 1.807) is 0 Å². The molecule has 0 heterocycles. The van der Waals surface area contributed by atoms with Crippen LogP contribution in [0.25, 0.3) is 0 Å². The number of alkyl carbamates (subject to hydrolysis) is 2. The van der Waals surface area contributed by atoms with Gasteiger partial charge >= 0.3 is 48.0 Å². The van der Waals surface area contributed by atoms with E-state index < -0.39 is 58.8 Å². The van der Waals surface area contributed by atoms with Crippen LogP contribution in [0.2, 0.25) is 0 Å². The lowest BCUT2D eigenvalue weighted by molar-refractivity contribution is -0.147. The van der Waals surface area contributed by atoms with Gasteiger partial charge in [0.1, 0.15) is 59.1 Å². The fraction of sp³-hybridized carbons (Fsp3) is 0.559. The van der Waals surface area contributed by atoms with Crippen LogP contribution in [-0.4, -0.2) is 232 Å². The second-order valence-electron chi connectivity index (χ2n) is 17.4. The average molecular weight is 1240 g/mol. The molecule has 0 rings (SSSR count). The number of carbonyl (C=O) groups is 10. The summed E-state index contributed by atoms with van der Waals surface area (Å²) in [4.78, 5) is 112. The molecule has 0 aliphatic rings. The summed E-state index contributed by atoms with van der Waals surface area (Å²) < 4.78 is 86.8. The summed E-state index contributed by atoms with van der Waals surface area (Å²) >= 11 is 0. The molecule has 0 saturated carbocycles. The number of ether oxygens (including phenoxy) is 16. The minimum absolute atomic E-state index is 0.00590. The fourth-order valence-corrected chi connectivity index (χ4v) is 5.84. The van der Waals surface area contributed by atoms with E-state index in [1.165, 1.54) is 19.1 Å². The SMILES string of the molecule is C=CC(=O)OCCOCC(COCCOC(=O)C=C)(COCCOC(=O)C=C)COCCOC(=O)NCCCCCCNC(=O)OCCOCC(COCCOC(=O)C=C)(COCCOC(=O)C=C)COCCOC(=O)C=C.C=CC(C)=O.C=CC=O. The lowest BCUT2D eigenvalue weighted by Crippen LogP contribution is -2.43. The molecule has 0 bridgehead atoms. The molecule has 28 heteroatoms. The maximum absolute atomic E-state index is 12.4. The first-order chi connectivity index (χ1) is 41.9. The zero-order chi connectivity index (χ0) is 65.5. The van der Waals surface area contributed by atoms with Crippen LogP contribution < -0.4 is 10.6 Å². The molecule has 0 atom stereocenters. The third-order valence-electron chi connectivity index (χ3n) is 10.0. The normalized spacial score (nSPS) is 10.4. The van der Waals surface area contributed by atoms with Crippen molar-refractivity contribution >= 4 is 60.1 Å². The Hall–Kier alpha value is -7.70.